The van der Waals surface area contributed by atoms with Crippen LogP contribution in [0.1, 0.15) is 32.3 Å². The Morgan fingerprint density at radius 2 is 1.77 bits per heavy atom. The molecule has 3 rings (SSSR count). The molecule has 0 aliphatic carbocycles. The summed E-state index contributed by atoms with van der Waals surface area (Å²) in [6, 6.07) is 7.13. The molecular weight excluding hydrogens is 452 g/mol. The molecule has 0 bridgehead atoms. The van der Waals surface area contributed by atoms with Gasteiger partial charge in [0.15, 0.2) is 0 Å². The third-order valence-corrected chi connectivity index (χ3v) is 6.55. The van der Waals surface area contributed by atoms with Gasteiger partial charge in [-0.25, -0.2) is 0 Å². The average molecular weight is 489 g/mol. The number of methoxy groups -OCH3 is 2. The number of piperazine rings is 1. The fraction of sp³-hybridized carbons (Fsp3) is 0.600. The Kier molecular flexibility index (Phi) is 8.85. The number of carbonyl (C=O) groups is 4. The van der Waals surface area contributed by atoms with Crippen molar-refractivity contribution in [2.45, 2.75) is 38.1 Å². The lowest BCUT2D eigenvalue weighted by Crippen LogP contribution is -2.53. The first kappa shape index (κ1) is 26.6. The van der Waals surface area contributed by atoms with Crippen LogP contribution in [-0.4, -0.2) is 104 Å². The fourth-order valence-corrected chi connectivity index (χ4v) is 4.79. The van der Waals surface area contributed by atoms with E-state index in [2.05, 4.69) is 5.32 Å². The Hall–Kier alpha value is -2.98. The van der Waals surface area contributed by atoms with Crippen molar-refractivity contribution < 1.29 is 28.7 Å². The smallest absolute Gasteiger partial charge is 0.241 e. The highest BCUT2D eigenvalue weighted by Crippen LogP contribution is 2.44. The molecule has 4 amide bonds. The maximum atomic E-state index is 13.7. The zero-order valence-electron chi connectivity index (χ0n) is 21.0. The van der Waals surface area contributed by atoms with Crippen LogP contribution in [-0.2, 0) is 29.3 Å². The summed E-state index contributed by atoms with van der Waals surface area (Å²) in [5, 5.41) is 2.88. The SMILES string of the molecule is COCCN1C(=O)CC(CC(=O)N2CCN(CC(=O)NC(C)C)CC2)(c2ccccc2OC)C1=O. The van der Waals surface area contributed by atoms with Gasteiger partial charge < -0.3 is 19.7 Å². The number of hydrogen-bond acceptors (Lipinski definition) is 7. The highest BCUT2D eigenvalue weighted by atomic mass is 16.5. The van der Waals surface area contributed by atoms with Crippen molar-refractivity contribution in [2.75, 3.05) is 60.1 Å². The van der Waals surface area contributed by atoms with Crippen LogP contribution in [0.3, 0.4) is 0 Å². The molecule has 0 spiro atoms. The number of rotatable bonds is 10. The molecule has 2 heterocycles. The second kappa shape index (κ2) is 11.6. The predicted octanol–water partition coefficient (Wildman–Crippen LogP) is 0.397. The third kappa shape index (κ3) is 5.99. The summed E-state index contributed by atoms with van der Waals surface area (Å²) in [6.45, 7) is 6.49. The number of likely N-dealkylation sites (tertiary alicyclic amines) is 1. The van der Waals surface area contributed by atoms with E-state index in [1.807, 2.05) is 18.7 Å². The second-order valence-corrected chi connectivity index (χ2v) is 9.36. The molecule has 2 aliphatic rings. The maximum absolute atomic E-state index is 13.7. The first-order valence-electron chi connectivity index (χ1n) is 12.0. The van der Waals surface area contributed by atoms with E-state index in [9.17, 15) is 19.2 Å². The molecule has 2 saturated heterocycles. The molecule has 35 heavy (non-hydrogen) atoms. The quantitative estimate of drug-likeness (QED) is 0.475. The normalized spacial score (nSPS) is 21.1. The molecule has 1 aromatic carbocycles. The van der Waals surface area contributed by atoms with E-state index in [4.69, 9.17) is 9.47 Å². The van der Waals surface area contributed by atoms with Crippen LogP contribution in [0, 0.1) is 0 Å². The summed E-state index contributed by atoms with van der Waals surface area (Å²) in [7, 11) is 3.01. The van der Waals surface area contributed by atoms with Gasteiger partial charge in [0.25, 0.3) is 0 Å². The monoisotopic (exact) mass is 488 g/mol. The van der Waals surface area contributed by atoms with E-state index >= 15 is 0 Å². The van der Waals surface area contributed by atoms with Crippen molar-refractivity contribution in [3.63, 3.8) is 0 Å². The number of nitrogens with zero attached hydrogens (tertiary/aromatic N) is 3. The van der Waals surface area contributed by atoms with Gasteiger partial charge in [0.1, 0.15) is 5.75 Å². The molecule has 0 saturated carbocycles. The van der Waals surface area contributed by atoms with Crippen LogP contribution >= 0.6 is 0 Å². The molecule has 10 heteroatoms. The molecule has 0 radical (unpaired) electrons. The van der Waals surface area contributed by atoms with Gasteiger partial charge in [0.2, 0.25) is 23.6 Å². The van der Waals surface area contributed by atoms with Crippen molar-refractivity contribution >= 4 is 23.6 Å². The zero-order valence-corrected chi connectivity index (χ0v) is 21.0. The number of hydrogen-bond donors (Lipinski definition) is 1. The van der Waals surface area contributed by atoms with Gasteiger partial charge in [-0.2, -0.15) is 0 Å². The van der Waals surface area contributed by atoms with E-state index in [1.54, 1.807) is 29.2 Å². The predicted molar refractivity (Wildman–Crippen MR) is 129 cm³/mol. The number of para-hydroxylation sites is 1. The Morgan fingerprint density at radius 1 is 1.09 bits per heavy atom. The minimum atomic E-state index is -1.33. The van der Waals surface area contributed by atoms with Crippen LogP contribution in [0.2, 0.25) is 0 Å². The van der Waals surface area contributed by atoms with Crippen molar-refractivity contribution in [3.8, 4) is 5.75 Å². The van der Waals surface area contributed by atoms with Gasteiger partial charge in [0.05, 0.1) is 32.2 Å². The van der Waals surface area contributed by atoms with E-state index in [-0.39, 0.29) is 56.3 Å². The first-order chi connectivity index (χ1) is 16.7. The molecule has 0 aromatic heterocycles. The fourth-order valence-electron chi connectivity index (χ4n) is 4.79. The molecule has 1 unspecified atom stereocenters. The van der Waals surface area contributed by atoms with Gasteiger partial charge >= 0.3 is 0 Å². The van der Waals surface area contributed by atoms with Gasteiger partial charge in [-0.15, -0.1) is 0 Å². The molecule has 1 atom stereocenters. The minimum absolute atomic E-state index is 0.0406. The van der Waals surface area contributed by atoms with Gasteiger partial charge in [-0.05, 0) is 19.9 Å². The van der Waals surface area contributed by atoms with Crippen LogP contribution in [0.4, 0.5) is 0 Å². The number of carbonyl (C=O) groups excluding carboxylic acids is 4. The Morgan fingerprint density at radius 3 is 2.40 bits per heavy atom. The number of ether oxygens (including phenoxy) is 2. The molecular formula is C25H36N4O6. The van der Waals surface area contributed by atoms with Crippen LogP contribution < -0.4 is 10.1 Å². The summed E-state index contributed by atoms with van der Waals surface area (Å²) in [5.41, 5.74) is -0.791. The third-order valence-electron chi connectivity index (χ3n) is 6.55. The second-order valence-electron chi connectivity index (χ2n) is 9.36. The molecule has 10 nitrogen and oxygen atoms in total. The average Bonchev–Trinajstić information content (AvgIpc) is 3.06. The number of amides is 4. The minimum Gasteiger partial charge on any atom is -0.496 e. The summed E-state index contributed by atoms with van der Waals surface area (Å²) in [4.78, 5) is 57.0. The first-order valence-corrected chi connectivity index (χ1v) is 12.0. The largest absolute Gasteiger partial charge is 0.496 e. The Balaban J connectivity index is 1.77. The standard InChI is InChI=1S/C25H36N4O6/c1-18(2)26-21(30)17-27-9-11-28(12-10-27)22(31)15-25(19-7-5-6-8-20(19)35-4)16-23(32)29(24(25)33)13-14-34-3/h5-8,18H,9-17H2,1-4H3,(H,26,30). The summed E-state index contributed by atoms with van der Waals surface area (Å²) in [5.74, 6) is -0.498. The highest BCUT2D eigenvalue weighted by molar-refractivity contribution is 6.11. The van der Waals surface area contributed by atoms with Crippen LogP contribution in [0.5, 0.6) is 5.75 Å². The van der Waals surface area contributed by atoms with Crippen LogP contribution in [0.25, 0.3) is 0 Å². The summed E-state index contributed by atoms with van der Waals surface area (Å²) < 4.78 is 10.6. The van der Waals surface area contributed by atoms with E-state index in [0.717, 1.165) is 0 Å². The van der Waals surface area contributed by atoms with Gasteiger partial charge in [-0.1, -0.05) is 18.2 Å². The lowest BCUT2D eigenvalue weighted by Gasteiger charge is -2.36. The van der Waals surface area contributed by atoms with E-state index in [0.29, 0.717) is 37.5 Å². The zero-order chi connectivity index (χ0) is 25.6. The van der Waals surface area contributed by atoms with Crippen molar-refractivity contribution in [2.24, 2.45) is 0 Å². The molecule has 2 fully saturated rings. The van der Waals surface area contributed by atoms with Crippen molar-refractivity contribution in [3.05, 3.63) is 29.8 Å². The summed E-state index contributed by atoms with van der Waals surface area (Å²) in [6.07, 6.45) is -0.230. The highest BCUT2D eigenvalue weighted by Gasteiger charge is 2.55. The lowest BCUT2D eigenvalue weighted by atomic mass is 9.75. The lowest BCUT2D eigenvalue weighted by molar-refractivity contribution is -0.143. The van der Waals surface area contributed by atoms with Crippen molar-refractivity contribution in [1.82, 2.24) is 20.0 Å². The van der Waals surface area contributed by atoms with Crippen molar-refractivity contribution in [1.29, 1.82) is 0 Å². The number of nitrogens with one attached hydrogen (secondary N) is 1. The summed E-state index contributed by atoms with van der Waals surface area (Å²) >= 11 is 0. The number of benzene rings is 1. The number of imide groups is 1. The molecule has 1 N–H and O–H groups in total. The van der Waals surface area contributed by atoms with E-state index < -0.39 is 11.3 Å². The Bertz CT molecular complexity index is 944. The topological polar surface area (TPSA) is 108 Å². The molecule has 192 valence electrons. The van der Waals surface area contributed by atoms with Crippen LogP contribution in [0.15, 0.2) is 24.3 Å². The van der Waals surface area contributed by atoms with Gasteiger partial charge in [0, 0.05) is 57.7 Å². The van der Waals surface area contributed by atoms with Gasteiger partial charge in [-0.3, -0.25) is 29.0 Å². The Labute approximate surface area is 206 Å². The molecule has 1 aromatic rings. The maximum Gasteiger partial charge on any atom is 0.241 e. The molecule has 2 aliphatic heterocycles. The van der Waals surface area contributed by atoms with E-state index in [1.165, 1.54) is 19.1 Å².